The molecule has 0 spiro atoms. The third-order valence-electron chi connectivity index (χ3n) is 5.83. The average molecular weight is 322 g/mol. The van der Waals surface area contributed by atoms with Crippen molar-refractivity contribution in [2.75, 3.05) is 6.61 Å². The Morgan fingerprint density at radius 2 is 1.78 bits per heavy atom. The van der Waals surface area contributed by atoms with Gasteiger partial charge in [0.25, 0.3) is 0 Å². The van der Waals surface area contributed by atoms with Crippen molar-refractivity contribution in [1.82, 2.24) is 0 Å². The predicted octanol–water partition coefficient (Wildman–Crippen LogP) is 5.83. The van der Waals surface area contributed by atoms with Gasteiger partial charge in [0.05, 0.1) is 6.10 Å². The molecule has 0 saturated heterocycles. The number of ether oxygens (including phenoxy) is 1. The molecule has 0 heterocycles. The van der Waals surface area contributed by atoms with E-state index in [1.807, 2.05) is 0 Å². The van der Waals surface area contributed by atoms with Gasteiger partial charge >= 0.3 is 0 Å². The van der Waals surface area contributed by atoms with E-state index in [0.29, 0.717) is 12.0 Å². The van der Waals surface area contributed by atoms with Gasteiger partial charge in [0, 0.05) is 6.61 Å². The lowest BCUT2D eigenvalue weighted by Gasteiger charge is -2.42. The van der Waals surface area contributed by atoms with Crippen LogP contribution < -0.4 is 0 Å². The fourth-order valence-corrected chi connectivity index (χ4v) is 4.46. The lowest BCUT2D eigenvalue weighted by atomic mass is 9.65. The molecule has 0 aliphatic heterocycles. The first-order chi connectivity index (χ1) is 11.2. The quantitative estimate of drug-likeness (QED) is 0.619. The molecule has 0 radical (unpaired) electrons. The summed E-state index contributed by atoms with van der Waals surface area (Å²) in [6, 6.07) is 4.44. The monoisotopic (exact) mass is 322 g/mol. The number of fused-ring (bicyclic) bond motifs is 1. The molecule has 0 N–H and O–H groups in total. The van der Waals surface area contributed by atoms with Gasteiger partial charge in [-0.05, 0) is 80.4 Å². The van der Waals surface area contributed by atoms with Crippen molar-refractivity contribution < 1.29 is 13.5 Å². The Labute approximate surface area is 138 Å². The second kappa shape index (κ2) is 7.74. The van der Waals surface area contributed by atoms with E-state index in [0.717, 1.165) is 49.7 Å². The fourth-order valence-electron chi connectivity index (χ4n) is 4.46. The zero-order valence-corrected chi connectivity index (χ0v) is 14.1. The summed E-state index contributed by atoms with van der Waals surface area (Å²) in [6.45, 7) is 3.09. The molecule has 2 aliphatic rings. The molecule has 1 aromatic carbocycles. The molecule has 2 fully saturated rings. The zero-order chi connectivity index (χ0) is 16.2. The van der Waals surface area contributed by atoms with E-state index < -0.39 is 11.6 Å². The van der Waals surface area contributed by atoms with Gasteiger partial charge in [-0.3, -0.25) is 0 Å². The Morgan fingerprint density at radius 3 is 2.57 bits per heavy atom. The van der Waals surface area contributed by atoms with Crippen LogP contribution in [0.15, 0.2) is 18.2 Å². The topological polar surface area (TPSA) is 9.23 Å². The average Bonchev–Trinajstić information content (AvgIpc) is 2.57. The standard InChI is InChI=1S/C20H28F2O/c1-2-3-10-23-18-8-6-15-11-14(4-5-16(15)12-18)17-7-9-19(21)20(22)13-17/h7,9,13-16,18H,2-6,8,10-12H2,1H3. The summed E-state index contributed by atoms with van der Waals surface area (Å²) in [5.74, 6) is 0.429. The van der Waals surface area contributed by atoms with Gasteiger partial charge in [-0.15, -0.1) is 0 Å². The maximum atomic E-state index is 13.5. The normalized spacial score (nSPS) is 30.9. The van der Waals surface area contributed by atoms with Gasteiger partial charge in [0.15, 0.2) is 11.6 Å². The Bertz CT molecular complexity index is 516. The number of rotatable bonds is 5. The van der Waals surface area contributed by atoms with Crippen LogP contribution in [0.25, 0.3) is 0 Å². The Morgan fingerprint density at radius 1 is 1.00 bits per heavy atom. The Hall–Kier alpha value is -0.960. The van der Waals surface area contributed by atoms with Crippen molar-refractivity contribution >= 4 is 0 Å². The van der Waals surface area contributed by atoms with Crippen LogP contribution in [0.5, 0.6) is 0 Å². The zero-order valence-electron chi connectivity index (χ0n) is 14.1. The largest absolute Gasteiger partial charge is 0.378 e. The SMILES string of the molecule is CCCCOC1CCC2CC(c3ccc(F)c(F)c3)CCC2C1. The van der Waals surface area contributed by atoms with E-state index in [4.69, 9.17) is 4.74 Å². The van der Waals surface area contributed by atoms with Crippen LogP contribution in [0.2, 0.25) is 0 Å². The molecule has 3 heteroatoms. The van der Waals surface area contributed by atoms with Gasteiger partial charge in [0.1, 0.15) is 0 Å². The molecule has 2 saturated carbocycles. The predicted molar refractivity (Wildman–Crippen MR) is 88.4 cm³/mol. The van der Waals surface area contributed by atoms with Crippen LogP contribution in [0.1, 0.15) is 69.8 Å². The van der Waals surface area contributed by atoms with E-state index in [2.05, 4.69) is 6.92 Å². The maximum absolute atomic E-state index is 13.5. The van der Waals surface area contributed by atoms with Crippen molar-refractivity contribution in [1.29, 1.82) is 0 Å². The highest BCUT2D eigenvalue weighted by Crippen LogP contribution is 2.46. The molecule has 3 rings (SSSR count). The van der Waals surface area contributed by atoms with Crippen LogP contribution in [-0.4, -0.2) is 12.7 Å². The molecule has 0 aromatic heterocycles. The Balaban J connectivity index is 1.55. The molecule has 1 aromatic rings. The van der Waals surface area contributed by atoms with Gasteiger partial charge in [-0.1, -0.05) is 19.4 Å². The number of hydrogen-bond acceptors (Lipinski definition) is 1. The third-order valence-corrected chi connectivity index (χ3v) is 5.83. The van der Waals surface area contributed by atoms with E-state index in [1.165, 1.54) is 37.8 Å². The third kappa shape index (κ3) is 4.12. The minimum Gasteiger partial charge on any atom is -0.378 e. The van der Waals surface area contributed by atoms with Crippen LogP contribution in [0.3, 0.4) is 0 Å². The summed E-state index contributed by atoms with van der Waals surface area (Å²) in [4.78, 5) is 0. The van der Waals surface area contributed by atoms with Gasteiger partial charge < -0.3 is 4.74 Å². The summed E-state index contributed by atoms with van der Waals surface area (Å²) in [5, 5.41) is 0. The minimum atomic E-state index is -0.743. The summed E-state index contributed by atoms with van der Waals surface area (Å²) in [6.07, 6.45) is 9.78. The minimum absolute atomic E-state index is 0.393. The van der Waals surface area contributed by atoms with E-state index >= 15 is 0 Å². The molecule has 128 valence electrons. The molecule has 4 atom stereocenters. The van der Waals surface area contributed by atoms with Gasteiger partial charge in [-0.25, -0.2) is 8.78 Å². The lowest BCUT2D eigenvalue weighted by molar-refractivity contribution is -0.0159. The highest BCUT2D eigenvalue weighted by Gasteiger charge is 2.36. The summed E-state index contributed by atoms with van der Waals surface area (Å²) >= 11 is 0. The molecular weight excluding hydrogens is 294 g/mol. The smallest absolute Gasteiger partial charge is 0.159 e. The number of unbranched alkanes of at least 4 members (excludes halogenated alkanes) is 1. The highest BCUT2D eigenvalue weighted by molar-refractivity contribution is 5.22. The number of hydrogen-bond donors (Lipinski definition) is 0. The molecule has 4 unspecified atom stereocenters. The second-order valence-corrected chi connectivity index (χ2v) is 7.36. The highest BCUT2D eigenvalue weighted by atomic mass is 19.2. The van der Waals surface area contributed by atoms with Crippen LogP contribution in [0, 0.1) is 23.5 Å². The maximum Gasteiger partial charge on any atom is 0.159 e. The van der Waals surface area contributed by atoms with Crippen LogP contribution in [0.4, 0.5) is 8.78 Å². The number of benzene rings is 1. The molecule has 2 aliphatic carbocycles. The van der Waals surface area contributed by atoms with E-state index in [9.17, 15) is 8.78 Å². The fraction of sp³-hybridized carbons (Fsp3) is 0.700. The summed E-state index contributed by atoms with van der Waals surface area (Å²) in [7, 11) is 0. The molecule has 1 nitrogen and oxygen atoms in total. The van der Waals surface area contributed by atoms with Crippen LogP contribution >= 0.6 is 0 Å². The molecule has 23 heavy (non-hydrogen) atoms. The number of halogens is 2. The van der Waals surface area contributed by atoms with Gasteiger partial charge in [0.2, 0.25) is 0 Å². The Kier molecular flexibility index (Phi) is 5.68. The molecule has 0 bridgehead atoms. The summed E-state index contributed by atoms with van der Waals surface area (Å²) < 4.78 is 32.6. The second-order valence-electron chi connectivity index (χ2n) is 7.36. The summed E-state index contributed by atoms with van der Waals surface area (Å²) in [5.41, 5.74) is 0.976. The van der Waals surface area contributed by atoms with E-state index in [1.54, 1.807) is 6.07 Å². The first-order valence-electron chi connectivity index (χ1n) is 9.24. The van der Waals surface area contributed by atoms with Crippen molar-refractivity contribution in [3.8, 4) is 0 Å². The van der Waals surface area contributed by atoms with Gasteiger partial charge in [-0.2, -0.15) is 0 Å². The van der Waals surface area contributed by atoms with Crippen molar-refractivity contribution in [2.45, 2.75) is 70.3 Å². The van der Waals surface area contributed by atoms with Crippen molar-refractivity contribution in [3.63, 3.8) is 0 Å². The first-order valence-corrected chi connectivity index (χ1v) is 9.24. The van der Waals surface area contributed by atoms with Crippen molar-refractivity contribution in [3.05, 3.63) is 35.4 Å². The van der Waals surface area contributed by atoms with Crippen LogP contribution in [-0.2, 0) is 4.74 Å². The first kappa shape index (κ1) is 16.9. The molecular formula is C20H28F2O. The lowest BCUT2D eigenvalue weighted by Crippen LogP contribution is -2.34. The molecule has 0 amide bonds. The van der Waals surface area contributed by atoms with E-state index in [-0.39, 0.29) is 0 Å². The van der Waals surface area contributed by atoms with Crippen molar-refractivity contribution in [2.24, 2.45) is 11.8 Å².